The average molecular weight is 713 g/mol. The SMILES string of the molecule is C[N-]c1c(O)cc(-c2ccc3ccc4c(c3c2)CCC=C4)c2sc3ccccc3c12.[Y].c1ccc2c(c1)ccc1[nH]c3ccccc3c12. The second-order valence-electron chi connectivity index (χ2n) is 12.2. The normalized spacial score (nSPS) is 12.4. The van der Waals surface area contributed by atoms with Gasteiger partial charge in [0.1, 0.15) is 5.75 Å². The molecule has 2 heterocycles. The number of thiophene rings is 1. The fourth-order valence-corrected chi connectivity index (χ4v) is 8.61. The van der Waals surface area contributed by atoms with Gasteiger partial charge in [-0.2, -0.15) is 0 Å². The molecule has 0 bridgehead atoms. The molecule has 0 saturated heterocycles. The molecule has 1 radical (unpaired) electrons. The van der Waals surface area contributed by atoms with E-state index in [0.29, 0.717) is 5.69 Å². The number of allylic oxidation sites excluding steroid dienone is 1. The first-order valence-corrected chi connectivity index (χ1v) is 16.9. The van der Waals surface area contributed by atoms with E-state index in [-0.39, 0.29) is 38.5 Å². The summed E-state index contributed by atoms with van der Waals surface area (Å²) in [6.07, 6.45) is 6.65. The third-order valence-electron chi connectivity index (χ3n) is 9.56. The molecule has 5 heteroatoms. The summed E-state index contributed by atoms with van der Waals surface area (Å²) in [7, 11) is 1.75. The molecule has 2 aromatic heterocycles. The second kappa shape index (κ2) is 12.5. The van der Waals surface area contributed by atoms with Crippen LogP contribution in [0.15, 0.2) is 127 Å². The minimum atomic E-state index is 0. The van der Waals surface area contributed by atoms with Crippen LogP contribution < -0.4 is 0 Å². The van der Waals surface area contributed by atoms with Crippen molar-refractivity contribution in [3.63, 3.8) is 0 Å². The molecular formula is C43H31N2OSY-. The third-order valence-corrected chi connectivity index (χ3v) is 10.8. The number of nitrogens with one attached hydrogen (secondary N) is 1. The molecular weight excluding hydrogens is 681 g/mol. The van der Waals surface area contributed by atoms with E-state index in [2.05, 4.69) is 132 Å². The summed E-state index contributed by atoms with van der Waals surface area (Å²) in [6, 6.07) is 42.7. The van der Waals surface area contributed by atoms with E-state index in [0.717, 1.165) is 34.7 Å². The van der Waals surface area contributed by atoms with Crippen LogP contribution in [0.25, 0.3) is 86.0 Å². The van der Waals surface area contributed by atoms with Crippen LogP contribution in [-0.2, 0) is 39.1 Å². The number of fused-ring (bicyclic) bond motifs is 11. The van der Waals surface area contributed by atoms with E-state index in [1.807, 2.05) is 12.1 Å². The number of benzene rings is 7. The molecule has 0 amide bonds. The van der Waals surface area contributed by atoms with Crippen molar-refractivity contribution in [1.29, 1.82) is 0 Å². The van der Waals surface area contributed by atoms with Crippen LogP contribution in [-0.4, -0.2) is 17.1 Å². The van der Waals surface area contributed by atoms with Gasteiger partial charge in [-0.1, -0.05) is 109 Å². The van der Waals surface area contributed by atoms with E-state index in [1.54, 1.807) is 18.4 Å². The van der Waals surface area contributed by atoms with E-state index < -0.39 is 0 Å². The molecule has 9 aromatic rings. The first-order valence-electron chi connectivity index (χ1n) is 16.1. The van der Waals surface area contributed by atoms with Crippen LogP contribution in [0.2, 0.25) is 0 Å². The summed E-state index contributed by atoms with van der Waals surface area (Å²) in [5.41, 5.74) is 8.05. The number of hydrogen-bond acceptors (Lipinski definition) is 2. The predicted octanol–water partition coefficient (Wildman–Crippen LogP) is 12.6. The van der Waals surface area contributed by atoms with Crippen molar-refractivity contribution in [2.24, 2.45) is 0 Å². The number of aromatic amines is 1. The maximum atomic E-state index is 10.8. The number of H-pyrrole nitrogens is 1. The van der Waals surface area contributed by atoms with E-state index >= 15 is 0 Å². The van der Waals surface area contributed by atoms with Gasteiger partial charge in [-0.3, -0.25) is 0 Å². The molecule has 229 valence electrons. The number of para-hydroxylation sites is 1. The number of aromatic hydroxyl groups is 1. The Morgan fingerprint density at radius 2 is 1.42 bits per heavy atom. The van der Waals surface area contributed by atoms with Crippen molar-refractivity contribution in [2.45, 2.75) is 12.8 Å². The molecule has 0 unspecified atom stereocenters. The average Bonchev–Trinajstić information content (AvgIpc) is 3.71. The summed E-state index contributed by atoms with van der Waals surface area (Å²) < 4.78 is 2.39. The van der Waals surface area contributed by atoms with Gasteiger partial charge in [-0.05, 0) is 92.2 Å². The Morgan fingerprint density at radius 1 is 0.688 bits per heavy atom. The molecule has 7 aromatic carbocycles. The zero-order valence-corrected chi connectivity index (χ0v) is 30.2. The van der Waals surface area contributed by atoms with Crippen LogP contribution in [0.3, 0.4) is 0 Å². The molecule has 10 rings (SSSR count). The van der Waals surface area contributed by atoms with Crippen LogP contribution in [0, 0.1) is 0 Å². The molecule has 0 aliphatic heterocycles. The Balaban J connectivity index is 0.000000158. The topological polar surface area (TPSA) is 50.1 Å². The Labute approximate surface area is 307 Å². The number of hydrogen-bond donors (Lipinski definition) is 2. The largest absolute Gasteiger partial charge is 0.683 e. The van der Waals surface area contributed by atoms with Crippen molar-refractivity contribution in [3.05, 3.63) is 144 Å². The van der Waals surface area contributed by atoms with Gasteiger partial charge in [0.2, 0.25) is 0 Å². The van der Waals surface area contributed by atoms with Gasteiger partial charge in [0.15, 0.2) is 0 Å². The van der Waals surface area contributed by atoms with Crippen molar-refractivity contribution in [2.75, 3.05) is 7.05 Å². The van der Waals surface area contributed by atoms with Crippen molar-refractivity contribution >= 4 is 86.6 Å². The van der Waals surface area contributed by atoms with E-state index in [1.165, 1.54) is 63.9 Å². The third kappa shape index (κ3) is 5.02. The summed E-state index contributed by atoms with van der Waals surface area (Å²) in [4.78, 5) is 3.47. The van der Waals surface area contributed by atoms with Crippen molar-refractivity contribution < 1.29 is 37.8 Å². The molecule has 1 aliphatic carbocycles. The van der Waals surface area contributed by atoms with Gasteiger partial charge in [0.05, 0.1) is 0 Å². The van der Waals surface area contributed by atoms with Gasteiger partial charge in [0.25, 0.3) is 0 Å². The molecule has 3 nitrogen and oxygen atoms in total. The molecule has 2 N–H and O–H groups in total. The number of phenolic OH excluding ortho intramolecular Hbond substituents is 1. The summed E-state index contributed by atoms with van der Waals surface area (Å²) in [5, 5.41) is 25.3. The maximum absolute atomic E-state index is 10.8. The zero-order chi connectivity index (χ0) is 31.5. The molecule has 1 aliphatic rings. The molecule has 48 heavy (non-hydrogen) atoms. The Bertz CT molecular complexity index is 2700. The summed E-state index contributed by atoms with van der Waals surface area (Å²) in [6.45, 7) is 0. The Hall–Kier alpha value is -4.48. The first kappa shape index (κ1) is 30.8. The zero-order valence-electron chi connectivity index (χ0n) is 26.5. The number of aromatic nitrogens is 1. The Morgan fingerprint density at radius 3 is 2.29 bits per heavy atom. The quantitative estimate of drug-likeness (QED) is 0.184. The fourth-order valence-electron chi connectivity index (χ4n) is 7.37. The first-order chi connectivity index (χ1) is 23.2. The van der Waals surface area contributed by atoms with Crippen LogP contribution in [0.5, 0.6) is 5.75 Å². The van der Waals surface area contributed by atoms with Gasteiger partial charge in [0, 0.05) is 69.5 Å². The molecule has 0 spiro atoms. The monoisotopic (exact) mass is 712 g/mol. The molecule has 0 fully saturated rings. The predicted molar refractivity (Wildman–Crippen MR) is 204 cm³/mol. The standard InChI is InChI=1S/C27H20NOS.C16H11N.Y/c1-28-26-23(29)15-22(27-25(26)20-8-4-5-9-24(20)30-27)18-13-12-17-11-10-16-6-2-3-7-19(16)21(17)14-18;1-2-6-12-11(5-1)9-10-15-16(12)13-7-3-4-8-14(13)17-15;/h2,4-6,8-15,29H,3,7H2,1H3;1-10,17H;/q-1;;. The minimum Gasteiger partial charge on any atom is -0.683 e. The van der Waals surface area contributed by atoms with E-state index in [9.17, 15) is 5.11 Å². The van der Waals surface area contributed by atoms with Crippen molar-refractivity contribution in [3.8, 4) is 16.9 Å². The van der Waals surface area contributed by atoms with Crippen LogP contribution >= 0.6 is 11.3 Å². The number of nitrogens with zero attached hydrogens (tertiary/aromatic N) is 1. The number of phenols is 1. The van der Waals surface area contributed by atoms with E-state index in [4.69, 9.17) is 0 Å². The fraction of sp³-hybridized carbons (Fsp3) is 0.0698. The number of aryl methyl sites for hydroxylation is 1. The Kier molecular flexibility index (Phi) is 8.04. The molecule has 0 saturated carbocycles. The van der Waals surface area contributed by atoms with Gasteiger partial charge >= 0.3 is 0 Å². The van der Waals surface area contributed by atoms with Gasteiger partial charge < -0.3 is 15.4 Å². The minimum absolute atomic E-state index is 0. The smallest absolute Gasteiger partial charge is 0.102 e. The van der Waals surface area contributed by atoms with Gasteiger partial charge in [-0.15, -0.1) is 18.4 Å². The van der Waals surface area contributed by atoms with Crippen LogP contribution in [0.1, 0.15) is 17.5 Å². The summed E-state index contributed by atoms with van der Waals surface area (Å²) in [5.74, 6) is 0.238. The van der Waals surface area contributed by atoms with Crippen molar-refractivity contribution in [1.82, 2.24) is 4.98 Å². The number of rotatable bonds is 2. The molecule has 0 atom stereocenters. The van der Waals surface area contributed by atoms with Gasteiger partial charge in [-0.25, -0.2) is 0 Å². The maximum Gasteiger partial charge on any atom is 0.102 e. The summed E-state index contributed by atoms with van der Waals surface area (Å²) >= 11 is 1.77. The van der Waals surface area contributed by atoms with Crippen LogP contribution in [0.4, 0.5) is 5.69 Å². The second-order valence-corrected chi connectivity index (χ2v) is 13.3.